The summed E-state index contributed by atoms with van der Waals surface area (Å²) in [7, 11) is 0. The number of nitrogens with zero attached hydrogens (tertiary/aromatic N) is 2. The topological polar surface area (TPSA) is 44.1 Å². The van der Waals surface area contributed by atoms with Gasteiger partial charge < -0.3 is 9.30 Å². The van der Waals surface area contributed by atoms with E-state index in [1.54, 1.807) is 25.4 Å². The zero-order valence-electron chi connectivity index (χ0n) is 10.4. The largest absolute Gasteiger partial charge is 0.462 e. The molecule has 5 heteroatoms. The Hall–Kier alpha value is -1.36. The second-order valence-corrected chi connectivity index (χ2v) is 4.84. The maximum atomic E-state index is 11.7. The normalized spacial score (nSPS) is 10.8. The average Bonchev–Trinajstić information content (AvgIpc) is 2.74. The van der Waals surface area contributed by atoms with Gasteiger partial charge in [-0.15, -0.1) is 0 Å². The molecular formula is C13H15BrN2O2. The summed E-state index contributed by atoms with van der Waals surface area (Å²) in [6, 6.07) is 3.55. The van der Waals surface area contributed by atoms with E-state index in [2.05, 4.69) is 32.4 Å². The highest BCUT2D eigenvalue weighted by Gasteiger charge is 2.13. The Kier molecular flexibility index (Phi) is 4.01. The minimum atomic E-state index is -0.315. The van der Waals surface area contributed by atoms with Crippen LogP contribution in [-0.4, -0.2) is 22.1 Å². The molecule has 0 radical (unpaired) electrons. The molecule has 0 N–H and O–H groups in total. The number of hydrogen-bond donors (Lipinski definition) is 0. The van der Waals surface area contributed by atoms with Crippen molar-refractivity contribution in [1.29, 1.82) is 0 Å². The lowest BCUT2D eigenvalue weighted by atomic mass is 10.2. The molecule has 18 heavy (non-hydrogen) atoms. The van der Waals surface area contributed by atoms with Gasteiger partial charge in [0.05, 0.1) is 29.5 Å². The SMILES string of the molecule is CCCn1cnc2cc(C(=O)OCC)cc(Br)c21. The summed E-state index contributed by atoms with van der Waals surface area (Å²) in [4.78, 5) is 16.0. The lowest BCUT2D eigenvalue weighted by Gasteiger charge is -2.06. The van der Waals surface area contributed by atoms with Crippen LogP contribution < -0.4 is 0 Å². The van der Waals surface area contributed by atoms with Gasteiger partial charge in [0, 0.05) is 11.0 Å². The van der Waals surface area contributed by atoms with E-state index < -0.39 is 0 Å². The minimum Gasteiger partial charge on any atom is -0.462 e. The number of aromatic nitrogens is 2. The molecule has 0 amide bonds. The molecule has 2 aromatic rings. The number of halogens is 1. The molecule has 96 valence electrons. The minimum absolute atomic E-state index is 0.315. The Labute approximate surface area is 114 Å². The Morgan fingerprint density at radius 1 is 1.44 bits per heavy atom. The van der Waals surface area contributed by atoms with E-state index >= 15 is 0 Å². The van der Waals surface area contributed by atoms with E-state index in [9.17, 15) is 4.79 Å². The standard InChI is InChI=1S/C13H15BrN2O2/c1-3-5-16-8-15-11-7-9(13(17)18-4-2)6-10(14)12(11)16/h6-8H,3-5H2,1-2H3. The predicted octanol–water partition coefficient (Wildman–Crippen LogP) is 3.39. The molecule has 1 aromatic carbocycles. The summed E-state index contributed by atoms with van der Waals surface area (Å²) in [6.07, 6.45) is 2.84. The smallest absolute Gasteiger partial charge is 0.338 e. The van der Waals surface area contributed by atoms with Crippen LogP contribution in [0.5, 0.6) is 0 Å². The third-order valence-corrected chi connectivity index (χ3v) is 3.25. The molecule has 4 nitrogen and oxygen atoms in total. The van der Waals surface area contributed by atoms with Crippen molar-refractivity contribution < 1.29 is 9.53 Å². The number of carbonyl (C=O) groups is 1. The Morgan fingerprint density at radius 2 is 2.22 bits per heavy atom. The van der Waals surface area contributed by atoms with Gasteiger partial charge in [-0.2, -0.15) is 0 Å². The molecule has 0 aliphatic rings. The van der Waals surface area contributed by atoms with Gasteiger partial charge in [-0.05, 0) is 41.4 Å². The van der Waals surface area contributed by atoms with E-state index in [4.69, 9.17) is 4.74 Å². The van der Waals surface area contributed by atoms with Crippen molar-refractivity contribution in [2.24, 2.45) is 0 Å². The Balaban J connectivity index is 2.48. The van der Waals surface area contributed by atoms with E-state index in [-0.39, 0.29) is 5.97 Å². The zero-order valence-corrected chi connectivity index (χ0v) is 12.0. The highest BCUT2D eigenvalue weighted by Crippen LogP contribution is 2.26. The van der Waals surface area contributed by atoms with Crippen LogP contribution in [0.15, 0.2) is 22.9 Å². The van der Waals surface area contributed by atoms with Crippen LogP contribution in [-0.2, 0) is 11.3 Å². The lowest BCUT2D eigenvalue weighted by molar-refractivity contribution is 0.0526. The number of aryl methyl sites for hydroxylation is 1. The summed E-state index contributed by atoms with van der Waals surface area (Å²) in [5.41, 5.74) is 2.35. The van der Waals surface area contributed by atoms with Gasteiger partial charge in [-0.25, -0.2) is 9.78 Å². The van der Waals surface area contributed by atoms with Gasteiger partial charge in [0.15, 0.2) is 0 Å². The second kappa shape index (κ2) is 5.52. The second-order valence-electron chi connectivity index (χ2n) is 3.98. The van der Waals surface area contributed by atoms with Crippen molar-refractivity contribution in [3.8, 4) is 0 Å². The third kappa shape index (κ3) is 2.41. The van der Waals surface area contributed by atoms with Crippen molar-refractivity contribution in [3.05, 3.63) is 28.5 Å². The fraction of sp³-hybridized carbons (Fsp3) is 0.385. The third-order valence-electron chi connectivity index (χ3n) is 2.64. The number of fused-ring (bicyclic) bond motifs is 1. The number of esters is 1. The number of ether oxygens (including phenoxy) is 1. The van der Waals surface area contributed by atoms with Gasteiger partial charge in [-0.3, -0.25) is 0 Å². The van der Waals surface area contributed by atoms with Crippen molar-refractivity contribution in [1.82, 2.24) is 9.55 Å². The van der Waals surface area contributed by atoms with Crippen LogP contribution in [0.3, 0.4) is 0 Å². The van der Waals surface area contributed by atoms with E-state index in [0.717, 1.165) is 28.5 Å². The van der Waals surface area contributed by atoms with Gasteiger partial charge >= 0.3 is 5.97 Å². The van der Waals surface area contributed by atoms with Crippen LogP contribution in [0.1, 0.15) is 30.6 Å². The molecule has 2 rings (SSSR count). The fourth-order valence-corrected chi connectivity index (χ4v) is 2.58. The summed E-state index contributed by atoms with van der Waals surface area (Å²) >= 11 is 3.50. The lowest BCUT2D eigenvalue weighted by Crippen LogP contribution is -2.05. The number of imidazole rings is 1. The molecular weight excluding hydrogens is 296 g/mol. The molecule has 0 spiro atoms. The van der Waals surface area contributed by atoms with E-state index in [1.165, 1.54) is 0 Å². The van der Waals surface area contributed by atoms with Crippen molar-refractivity contribution in [3.63, 3.8) is 0 Å². The summed E-state index contributed by atoms with van der Waals surface area (Å²) < 4.78 is 7.94. The monoisotopic (exact) mass is 310 g/mol. The molecule has 1 heterocycles. The van der Waals surface area contributed by atoms with Gasteiger partial charge in [0.25, 0.3) is 0 Å². The molecule has 0 atom stereocenters. The summed E-state index contributed by atoms with van der Waals surface area (Å²) in [5.74, 6) is -0.315. The first-order valence-corrected chi connectivity index (χ1v) is 6.78. The van der Waals surface area contributed by atoms with Crippen LogP contribution in [0.2, 0.25) is 0 Å². The first-order chi connectivity index (χ1) is 8.67. The Bertz CT molecular complexity index is 578. The van der Waals surface area contributed by atoms with Crippen molar-refractivity contribution in [2.75, 3.05) is 6.61 Å². The highest BCUT2D eigenvalue weighted by molar-refractivity contribution is 9.10. The van der Waals surface area contributed by atoms with Gasteiger partial charge in [0.2, 0.25) is 0 Å². The summed E-state index contributed by atoms with van der Waals surface area (Å²) in [5, 5.41) is 0. The predicted molar refractivity (Wildman–Crippen MR) is 73.7 cm³/mol. The maximum absolute atomic E-state index is 11.7. The average molecular weight is 311 g/mol. The van der Waals surface area contributed by atoms with Crippen LogP contribution >= 0.6 is 15.9 Å². The quantitative estimate of drug-likeness (QED) is 0.813. The van der Waals surface area contributed by atoms with E-state index in [0.29, 0.717) is 12.2 Å². The molecule has 0 fully saturated rings. The zero-order chi connectivity index (χ0) is 13.1. The Morgan fingerprint density at radius 3 is 2.89 bits per heavy atom. The molecule has 0 saturated heterocycles. The molecule has 0 bridgehead atoms. The molecule has 0 aliphatic heterocycles. The fourth-order valence-electron chi connectivity index (χ4n) is 1.90. The van der Waals surface area contributed by atoms with Crippen molar-refractivity contribution >= 4 is 32.9 Å². The number of rotatable bonds is 4. The van der Waals surface area contributed by atoms with Crippen molar-refractivity contribution in [2.45, 2.75) is 26.8 Å². The first-order valence-electron chi connectivity index (χ1n) is 5.98. The molecule has 0 aliphatic carbocycles. The first kappa shape index (κ1) is 13.1. The van der Waals surface area contributed by atoms with Crippen LogP contribution in [0.25, 0.3) is 11.0 Å². The van der Waals surface area contributed by atoms with Gasteiger partial charge in [0.1, 0.15) is 0 Å². The number of carbonyl (C=O) groups excluding carboxylic acids is 1. The molecule has 0 unspecified atom stereocenters. The van der Waals surface area contributed by atoms with Gasteiger partial charge in [-0.1, -0.05) is 6.92 Å². The van der Waals surface area contributed by atoms with E-state index in [1.807, 2.05) is 0 Å². The maximum Gasteiger partial charge on any atom is 0.338 e. The summed E-state index contributed by atoms with van der Waals surface area (Å²) in [6.45, 7) is 5.20. The molecule has 1 aromatic heterocycles. The highest BCUT2D eigenvalue weighted by atomic mass is 79.9. The number of benzene rings is 1. The van der Waals surface area contributed by atoms with Crippen LogP contribution in [0, 0.1) is 0 Å². The number of hydrogen-bond acceptors (Lipinski definition) is 3. The van der Waals surface area contributed by atoms with Crippen LogP contribution in [0.4, 0.5) is 0 Å². The molecule has 0 saturated carbocycles.